The van der Waals surface area contributed by atoms with Gasteiger partial charge in [-0.05, 0) is 54.2 Å². The second-order valence-electron chi connectivity index (χ2n) is 8.21. The molecule has 0 aliphatic carbocycles. The summed E-state index contributed by atoms with van der Waals surface area (Å²) in [4.78, 5) is 13.2. The van der Waals surface area contributed by atoms with Crippen molar-refractivity contribution in [3.05, 3.63) is 76.5 Å². The number of aryl methyl sites for hydroxylation is 1. The molecule has 2 aromatic rings. The van der Waals surface area contributed by atoms with E-state index in [1.807, 2.05) is 38.1 Å². The molecule has 0 unspecified atom stereocenters. The van der Waals surface area contributed by atoms with Crippen LogP contribution in [-0.2, 0) is 10.2 Å². The van der Waals surface area contributed by atoms with Gasteiger partial charge in [0.1, 0.15) is 0 Å². The lowest BCUT2D eigenvalue weighted by molar-refractivity contribution is -0.113. The molecule has 0 spiro atoms. The van der Waals surface area contributed by atoms with Crippen molar-refractivity contribution in [3.8, 4) is 0 Å². The molecular weight excluding hydrogens is 366 g/mol. The maximum Gasteiger partial charge on any atom is 0.255 e. The average Bonchev–Trinajstić information content (AvgIpc) is 2.62. The van der Waals surface area contributed by atoms with Gasteiger partial charge in [-0.3, -0.25) is 4.79 Å². The first kappa shape index (κ1) is 20.1. The fourth-order valence-corrected chi connectivity index (χ4v) is 3.59. The molecule has 1 heterocycles. The second kappa shape index (κ2) is 7.76. The van der Waals surface area contributed by atoms with Crippen LogP contribution in [0.3, 0.4) is 0 Å². The van der Waals surface area contributed by atoms with Crippen LogP contribution in [0.2, 0.25) is 0 Å². The van der Waals surface area contributed by atoms with E-state index in [2.05, 4.69) is 61.0 Å². The summed E-state index contributed by atoms with van der Waals surface area (Å²) in [5.41, 5.74) is 5.56. The first-order valence-corrected chi connectivity index (χ1v) is 9.83. The van der Waals surface area contributed by atoms with Crippen LogP contribution in [0, 0.1) is 6.92 Å². The Labute approximate surface area is 172 Å². The van der Waals surface area contributed by atoms with Crippen LogP contribution in [0.5, 0.6) is 0 Å². The van der Waals surface area contributed by atoms with Gasteiger partial charge in [-0.1, -0.05) is 63.2 Å². The summed E-state index contributed by atoms with van der Waals surface area (Å²) in [5, 5.41) is 9.90. The number of para-hydroxylation sites is 1. The highest BCUT2D eigenvalue weighted by Crippen LogP contribution is 2.30. The molecule has 28 heavy (non-hydrogen) atoms. The largest absolute Gasteiger partial charge is 0.351 e. The normalized spacial score (nSPS) is 17.0. The quantitative estimate of drug-likeness (QED) is 0.660. The van der Waals surface area contributed by atoms with Crippen molar-refractivity contribution in [2.45, 2.75) is 46.1 Å². The van der Waals surface area contributed by atoms with E-state index in [1.54, 1.807) is 0 Å². The molecule has 1 amide bonds. The van der Waals surface area contributed by atoms with Gasteiger partial charge < -0.3 is 16.0 Å². The number of rotatable bonds is 3. The van der Waals surface area contributed by atoms with Crippen LogP contribution in [-0.4, -0.2) is 11.0 Å². The molecule has 3 rings (SSSR count). The van der Waals surface area contributed by atoms with Crippen molar-refractivity contribution in [1.82, 2.24) is 10.6 Å². The molecule has 3 N–H and O–H groups in total. The molecule has 0 saturated carbocycles. The molecule has 0 bridgehead atoms. The molecule has 0 aromatic heterocycles. The number of carbonyl (C=O) groups excluding carboxylic acids is 1. The third-order valence-corrected chi connectivity index (χ3v) is 5.24. The van der Waals surface area contributed by atoms with Crippen LogP contribution >= 0.6 is 12.2 Å². The monoisotopic (exact) mass is 393 g/mol. The lowest BCUT2D eigenvalue weighted by Gasteiger charge is -2.31. The molecule has 0 radical (unpaired) electrons. The van der Waals surface area contributed by atoms with E-state index < -0.39 is 0 Å². The van der Waals surface area contributed by atoms with Gasteiger partial charge >= 0.3 is 0 Å². The van der Waals surface area contributed by atoms with Gasteiger partial charge in [-0.15, -0.1) is 0 Å². The molecule has 146 valence electrons. The minimum absolute atomic E-state index is 0.0756. The molecule has 1 aliphatic heterocycles. The average molecular weight is 394 g/mol. The van der Waals surface area contributed by atoms with E-state index >= 15 is 0 Å². The molecule has 0 saturated heterocycles. The van der Waals surface area contributed by atoms with Crippen molar-refractivity contribution < 1.29 is 4.79 Å². The van der Waals surface area contributed by atoms with Gasteiger partial charge in [0.05, 0.1) is 11.6 Å². The fraction of sp³-hybridized carbons (Fsp3) is 0.304. The number of anilines is 1. The SMILES string of the molecule is CC1=C(C(=O)Nc2ccccc2C)[C@@H](c2ccc(C(C)(C)C)cc2)NC(=S)N1. The molecular formula is C23H27N3OS. The number of nitrogens with one attached hydrogen (secondary N) is 3. The standard InChI is InChI=1S/C23H27N3OS/c1-14-8-6-7-9-18(14)25-21(27)19-15(2)24-22(28)26-20(19)16-10-12-17(13-11-16)23(3,4)5/h6-13,20H,1-5H3,(H,25,27)(H2,24,26,28)/t20-/m1/s1. The van der Waals surface area contributed by atoms with Crippen LogP contribution in [0.4, 0.5) is 5.69 Å². The zero-order chi connectivity index (χ0) is 20.5. The van der Waals surface area contributed by atoms with Gasteiger partial charge in [-0.25, -0.2) is 0 Å². The van der Waals surface area contributed by atoms with Crippen molar-refractivity contribution in [1.29, 1.82) is 0 Å². The predicted molar refractivity (Wildman–Crippen MR) is 119 cm³/mol. The highest BCUT2D eigenvalue weighted by molar-refractivity contribution is 7.80. The van der Waals surface area contributed by atoms with E-state index in [0.717, 1.165) is 22.5 Å². The smallest absolute Gasteiger partial charge is 0.255 e. The molecule has 5 heteroatoms. The number of hydrogen-bond donors (Lipinski definition) is 3. The van der Waals surface area contributed by atoms with Crippen LogP contribution < -0.4 is 16.0 Å². The number of thiocarbonyl (C=S) groups is 1. The van der Waals surface area contributed by atoms with Gasteiger partial charge in [-0.2, -0.15) is 0 Å². The Morgan fingerprint density at radius 1 is 1.04 bits per heavy atom. The summed E-state index contributed by atoms with van der Waals surface area (Å²) in [6.45, 7) is 10.4. The fourth-order valence-electron chi connectivity index (χ4n) is 3.32. The summed E-state index contributed by atoms with van der Waals surface area (Å²) in [7, 11) is 0. The van der Waals surface area contributed by atoms with Crippen LogP contribution in [0.25, 0.3) is 0 Å². The van der Waals surface area contributed by atoms with Crippen LogP contribution in [0.1, 0.15) is 50.4 Å². The predicted octanol–water partition coefficient (Wildman–Crippen LogP) is 4.72. The number of hydrogen-bond acceptors (Lipinski definition) is 2. The number of allylic oxidation sites excluding steroid dienone is 1. The lowest BCUT2D eigenvalue weighted by Crippen LogP contribution is -2.45. The lowest BCUT2D eigenvalue weighted by atomic mass is 9.85. The zero-order valence-electron chi connectivity index (χ0n) is 17.0. The van der Waals surface area contributed by atoms with Crippen molar-refractivity contribution in [3.63, 3.8) is 0 Å². The van der Waals surface area contributed by atoms with E-state index in [4.69, 9.17) is 12.2 Å². The molecule has 4 nitrogen and oxygen atoms in total. The summed E-state index contributed by atoms with van der Waals surface area (Å²) in [6.07, 6.45) is 0. The first-order chi connectivity index (χ1) is 13.2. The molecule has 0 fully saturated rings. The number of benzene rings is 2. The van der Waals surface area contributed by atoms with Gasteiger partial charge in [0, 0.05) is 11.4 Å². The van der Waals surface area contributed by atoms with Gasteiger partial charge in [0.2, 0.25) is 0 Å². The van der Waals surface area contributed by atoms with Crippen LogP contribution in [0.15, 0.2) is 59.8 Å². The Morgan fingerprint density at radius 3 is 2.29 bits per heavy atom. The second-order valence-corrected chi connectivity index (χ2v) is 8.62. The first-order valence-electron chi connectivity index (χ1n) is 9.42. The van der Waals surface area contributed by atoms with Crippen molar-refractivity contribution in [2.75, 3.05) is 5.32 Å². The minimum atomic E-state index is -0.299. The zero-order valence-corrected chi connectivity index (χ0v) is 17.8. The van der Waals surface area contributed by atoms with Crippen molar-refractivity contribution >= 4 is 28.9 Å². The Balaban J connectivity index is 1.95. The van der Waals surface area contributed by atoms with Crippen molar-refractivity contribution in [2.24, 2.45) is 0 Å². The van der Waals surface area contributed by atoms with E-state index in [-0.39, 0.29) is 17.4 Å². The summed E-state index contributed by atoms with van der Waals surface area (Å²) < 4.78 is 0. The maximum atomic E-state index is 13.2. The summed E-state index contributed by atoms with van der Waals surface area (Å²) in [5.74, 6) is -0.140. The molecule has 1 aliphatic rings. The number of carbonyl (C=O) groups is 1. The minimum Gasteiger partial charge on any atom is -0.351 e. The molecule has 2 aromatic carbocycles. The Kier molecular flexibility index (Phi) is 5.57. The van der Waals surface area contributed by atoms with E-state index in [1.165, 1.54) is 5.56 Å². The van der Waals surface area contributed by atoms with E-state index in [0.29, 0.717) is 10.7 Å². The highest BCUT2D eigenvalue weighted by Gasteiger charge is 2.30. The Morgan fingerprint density at radius 2 is 1.68 bits per heavy atom. The summed E-state index contributed by atoms with van der Waals surface area (Å²) >= 11 is 5.35. The Hall–Kier alpha value is -2.66. The highest BCUT2D eigenvalue weighted by atomic mass is 32.1. The third kappa shape index (κ3) is 4.25. The Bertz CT molecular complexity index is 939. The van der Waals surface area contributed by atoms with Gasteiger partial charge in [0.25, 0.3) is 5.91 Å². The van der Waals surface area contributed by atoms with E-state index in [9.17, 15) is 4.79 Å². The third-order valence-electron chi connectivity index (χ3n) is 5.02. The summed E-state index contributed by atoms with van der Waals surface area (Å²) in [6, 6.07) is 15.8. The molecule has 1 atom stereocenters. The van der Waals surface area contributed by atoms with Gasteiger partial charge in [0.15, 0.2) is 5.11 Å². The number of amides is 1. The topological polar surface area (TPSA) is 53.2 Å². The maximum absolute atomic E-state index is 13.2.